The maximum Gasteiger partial charge on any atom is 0.234 e. The zero-order valence-electron chi connectivity index (χ0n) is 31.2. The molecule has 266 valence electrons. The van der Waals surface area contributed by atoms with Crippen molar-refractivity contribution in [1.82, 2.24) is 16.0 Å². The van der Waals surface area contributed by atoms with Crippen LogP contribution in [0, 0.1) is 25.7 Å². The summed E-state index contributed by atoms with van der Waals surface area (Å²) in [6.07, 6.45) is 14.2. The standard InChI is InChI=1S/C15H23N.C11H22N2O.C8H10.C4H10.C3H8.CH4/c1-4-8-14-9-6-7-10-15(14)11-13(3)12-16-5-2;1-3-6-12-8-11(14)13-9(2)7-10-4-5-10;1-7-4-3-5-8(2)6-7;1-3-4-2;1-3-2;/h5-7,9-10,13,16H,2,4,8,11-12H2,1,3H3;9-10,12H,3-8H2,1-2H3,(H,13,14);3-6H,1-2H3;3-4H2,1-2H3;3H2,1-2H3;1H4. The Hall–Kier alpha value is -2.59. The molecule has 0 spiro atoms. The Morgan fingerprint density at radius 1 is 0.870 bits per heavy atom. The highest BCUT2D eigenvalue weighted by Gasteiger charge is 2.23. The van der Waals surface area contributed by atoms with Crippen LogP contribution in [-0.2, 0) is 17.6 Å². The third kappa shape index (κ3) is 31.4. The van der Waals surface area contributed by atoms with Gasteiger partial charge in [-0.2, -0.15) is 0 Å². The molecule has 2 aromatic rings. The Morgan fingerprint density at radius 3 is 1.87 bits per heavy atom. The highest BCUT2D eigenvalue weighted by Crippen LogP contribution is 2.33. The average Bonchev–Trinajstić information content (AvgIpc) is 3.82. The molecule has 0 bridgehead atoms. The van der Waals surface area contributed by atoms with Crippen molar-refractivity contribution in [1.29, 1.82) is 0 Å². The molecule has 0 aromatic heterocycles. The quantitative estimate of drug-likeness (QED) is 0.170. The third-order valence-corrected chi connectivity index (χ3v) is 6.99. The van der Waals surface area contributed by atoms with Gasteiger partial charge >= 0.3 is 0 Å². The molecule has 1 aliphatic carbocycles. The Morgan fingerprint density at radius 2 is 1.43 bits per heavy atom. The number of unbranched alkanes of at least 4 members (excludes halogenated alkanes) is 1. The van der Waals surface area contributed by atoms with Crippen LogP contribution >= 0.6 is 0 Å². The Labute approximate surface area is 288 Å². The lowest BCUT2D eigenvalue weighted by atomic mass is 9.95. The zero-order chi connectivity index (χ0) is 34.3. The monoisotopic (exact) mass is 640 g/mol. The molecule has 1 amide bonds. The summed E-state index contributed by atoms with van der Waals surface area (Å²) in [4.78, 5) is 11.4. The lowest BCUT2D eigenvalue weighted by Crippen LogP contribution is -2.39. The maximum absolute atomic E-state index is 11.4. The number of hydrogen-bond donors (Lipinski definition) is 3. The first-order valence-electron chi connectivity index (χ1n) is 18.1. The molecule has 0 aliphatic heterocycles. The first-order valence-corrected chi connectivity index (χ1v) is 18.1. The molecule has 3 rings (SSSR count). The van der Waals surface area contributed by atoms with Crippen LogP contribution in [0.5, 0.6) is 0 Å². The number of benzene rings is 2. The molecule has 1 aliphatic rings. The van der Waals surface area contributed by atoms with E-state index in [-0.39, 0.29) is 13.3 Å². The van der Waals surface area contributed by atoms with E-state index in [1.165, 1.54) is 67.2 Å². The van der Waals surface area contributed by atoms with E-state index in [4.69, 9.17) is 0 Å². The van der Waals surface area contributed by atoms with Gasteiger partial charge in [-0.25, -0.2) is 0 Å². The highest BCUT2D eigenvalue weighted by atomic mass is 16.1. The summed E-state index contributed by atoms with van der Waals surface area (Å²) in [6, 6.07) is 17.6. The fourth-order valence-corrected chi connectivity index (χ4v) is 4.43. The molecule has 2 unspecified atom stereocenters. The van der Waals surface area contributed by atoms with Crippen molar-refractivity contribution in [3.05, 3.63) is 83.6 Å². The van der Waals surface area contributed by atoms with Crippen LogP contribution in [0.15, 0.2) is 61.3 Å². The van der Waals surface area contributed by atoms with Crippen LogP contribution < -0.4 is 16.0 Å². The number of amides is 1. The van der Waals surface area contributed by atoms with Gasteiger partial charge in [0.25, 0.3) is 0 Å². The van der Waals surface area contributed by atoms with Gasteiger partial charge in [0.05, 0.1) is 6.54 Å². The van der Waals surface area contributed by atoms with Crippen LogP contribution in [0.4, 0.5) is 0 Å². The van der Waals surface area contributed by atoms with E-state index >= 15 is 0 Å². The van der Waals surface area contributed by atoms with Gasteiger partial charge in [0, 0.05) is 12.6 Å². The van der Waals surface area contributed by atoms with Crippen LogP contribution in [0.25, 0.3) is 0 Å². The van der Waals surface area contributed by atoms with E-state index in [2.05, 4.69) is 140 Å². The number of carbonyl (C=O) groups excluding carboxylic acids is 1. The molecule has 4 nitrogen and oxygen atoms in total. The van der Waals surface area contributed by atoms with Crippen LogP contribution in [0.3, 0.4) is 0 Å². The van der Waals surface area contributed by atoms with Gasteiger partial charge in [-0.3, -0.25) is 4.79 Å². The summed E-state index contributed by atoms with van der Waals surface area (Å²) >= 11 is 0. The molecule has 0 saturated heterocycles. The second-order valence-corrected chi connectivity index (χ2v) is 12.6. The summed E-state index contributed by atoms with van der Waals surface area (Å²) in [5.41, 5.74) is 5.69. The van der Waals surface area contributed by atoms with E-state index in [0.29, 0.717) is 18.5 Å². The van der Waals surface area contributed by atoms with Crippen molar-refractivity contribution in [3.63, 3.8) is 0 Å². The molecule has 1 saturated carbocycles. The summed E-state index contributed by atoms with van der Waals surface area (Å²) in [5.74, 6) is 1.66. The van der Waals surface area contributed by atoms with Crippen LogP contribution in [0.2, 0.25) is 0 Å². The van der Waals surface area contributed by atoms with Crippen molar-refractivity contribution in [3.8, 4) is 0 Å². The summed E-state index contributed by atoms with van der Waals surface area (Å²) in [7, 11) is 0. The average molecular weight is 640 g/mol. The van der Waals surface area contributed by atoms with E-state index in [1.807, 2.05) is 0 Å². The smallest absolute Gasteiger partial charge is 0.234 e. The molecule has 46 heavy (non-hydrogen) atoms. The van der Waals surface area contributed by atoms with Gasteiger partial charge in [-0.15, -0.1) is 0 Å². The minimum absolute atomic E-state index is 0. The lowest BCUT2D eigenvalue weighted by Gasteiger charge is -2.14. The van der Waals surface area contributed by atoms with Gasteiger partial charge in [0.1, 0.15) is 0 Å². The summed E-state index contributed by atoms with van der Waals surface area (Å²) in [6.45, 7) is 27.6. The normalized spacial score (nSPS) is 12.3. The number of aryl methyl sites for hydroxylation is 3. The van der Waals surface area contributed by atoms with Gasteiger partial charge in [0.15, 0.2) is 0 Å². The molecule has 0 heterocycles. The molecule has 3 N–H and O–H groups in total. The first kappa shape index (κ1) is 47.8. The van der Waals surface area contributed by atoms with Gasteiger partial charge in [-0.1, -0.05) is 161 Å². The van der Waals surface area contributed by atoms with Gasteiger partial charge in [0.2, 0.25) is 5.91 Å². The first-order chi connectivity index (χ1) is 21.6. The minimum Gasteiger partial charge on any atom is -0.391 e. The van der Waals surface area contributed by atoms with Gasteiger partial charge < -0.3 is 16.0 Å². The molecule has 2 aromatic carbocycles. The Balaban J connectivity index is -0.000000559. The predicted octanol–water partition coefficient (Wildman–Crippen LogP) is 11.0. The largest absolute Gasteiger partial charge is 0.391 e. The molecule has 4 heteroatoms. The van der Waals surface area contributed by atoms with Gasteiger partial charge in [-0.05, 0) is 82.2 Å². The highest BCUT2D eigenvalue weighted by molar-refractivity contribution is 5.78. The van der Waals surface area contributed by atoms with E-state index in [0.717, 1.165) is 38.3 Å². The number of rotatable bonds is 15. The fourth-order valence-electron chi connectivity index (χ4n) is 4.43. The van der Waals surface area contributed by atoms with Crippen molar-refractivity contribution < 1.29 is 4.79 Å². The third-order valence-electron chi connectivity index (χ3n) is 6.99. The molecule has 1 fully saturated rings. The van der Waals surface area contributed by atoms with E-state index < -0.39 is 0 Å². The van der Waals surface area contributed by atoms with Crippen LogP contribution in [-0.4, -0.2) is 31.6 Å². The molecule has 2 atom stereocenters. The van der Waals surface area contributed by atoms with Crippen molar-refractivity contribution in [2.24, 2.45) is 11.8 Å². The van der Waals surface area contributed by atoms with Crippen molar-refractivity contribution in [2.75, 3.05) is 19.6 Å². The Bertz CT molecular complexity index is 934. The molecular formula is C42H77N3O. The zero-order valence-corrected chi connectivity index (χ0v) is 31.2. The maximum atomic E-state index is 11.4. The van der Waals surface area contributed by atoms with Crippen LogP contribution in [0.1, 0.15) is 136 Å². The van der Waals surface area contributed by atoms with Crippen molar-refractivity contribution in [2.45, 2.75) is 147 Å². The number of nitrogens with one attached hydrogen (secondary N) is 3. The minimum atomic E-state index is 0. The summed E-state index contributed by atoms with van der Waals surface area (Å²) in [5, 5.41) is 9.29. The Kier molecular flexibility index (Phi) is 35.1. The molecule has 0 radical (unpaired) electrons. The van der Waals surface area contributed by atoms with Crippen molar-refractivity contribution >= 4 is 5.91 Å². The lowest BCUT2D eigenvalue weighted by molar-refractivity contribution is -0.120. The second-order valence-electron chi connectivity index (χ2n) is 12.6. The second kappa shape index (κ2) is 33.8. The predicted molar refractivity (Wildman–Crippen MR) is 209 cm³/mol. The van der Waals surface area contributed by atoms with E-state index in [9.17, 15) is 4.79 Å². The SMILES string of the molecule is C.C=CNCC(C)Cc1ccccc1CCC.CCC.CCCC.CCCNCC(=O)NC(C)CC1CC1.Cc1cccc(C)c1. The number of hydrogen-bond acceptors (Lipinski definition) is 3. The molecular weight excluding hydrogens is 562 g/mol. The topological polar surface area (TPSA) is 53.2 Å². The summed E-state index contributed by atoms with van der Waals surface area (Å²) < 4.78 is 0. The fraction of sp³-hybridized carbons (Fsp3) is 0.643. The van der Waals surface area contributed by atoms with E-state index in [1.54, 1.807) is 6.20 Å². The number of carbonyl (C=O) groups is 1.